The minimum Gasteiger partial charge on any atom is -0.367 e. The van der Waals surface area contributed by atoms with Crippen molar-refractivity contribution in [2.45, 2.75) is 31.3 Å². The summed E-state index contributed by atoms with van der Waals surface area (Å²) < 4.78 is 13.2. The zero-order chi connectivity index (χ0) is 10.4. The van der Waals surface area contributed by atoms with Gasteiger partial charge in [-0.3, -0.25) is 0 Å². The van der Waals surface area contributed by atoms with Gasteiger partial charge in [0.05, 0.1) is 0 Å². The molecule has 0 aliphatic carbocycles. The maximum Gasteiger partial charge on any atom is 0.125 e. The lowest BCUT2D eigenvalue weighted by molar-refractivity contribution is 0.524. The van der Waals surface area contributed by atoms with Crippen LogP contribution in [0.25, 0.3) is 0 Å². The Morgan fingerprint density at radius 2 is 2.20 bits per heavy atom. The number of aryl methyl sites for hydroxylation is 1. The van der Waals surface area contributed by atoms with Gasteiger partial charge >= 0.3 is 0 Å². The molecule has 0 amide bonds. The Labute approximate surface area is 88.9 Å². The normalized spacial score (nSPS) is 28.8. The van der Waals surface area contributed by atoms with Gasteiger partial charge in [0, 0.05) is 24.3 Å². The number of benzene rings is 1. The van der Waals surface area contributed by atoms with Crippen LogP contribution < -0.4 is 10.6 Å². The fourth-order valence-electron chi connectivity index (χ4n) is 2.87. The highest BCUT2D eigenvalue weighted by atomic mass is 19.1. The average Bonchev–Trinajstić information content (AvgIpc) is 2.61. The van der Waals surface area contributed by atoms with Crippen molar-refractivity contribution in [2.24, 2.45) is 5.73 Å². The van der Waals surface area contributed by atoms with Crippen molar-refractivity contribution in [3.8, 4) is 0 Å². The van der Waals surface area contributed by atoms with Crippen molar-refractivity contribution >= 4 is 5.69 Å². The van der Waals surface area contributed by atoms with Crippen molar-refractivity contribution in [2.75, 3.05) is 11.4 Å². The van der Waals surface area contributed by atoms with Gasteiger partial charge < -0.3 is 10.6 Å². The molecule has 1 fully saturated rings. The summed E-state index contributed by atoms with van der Waals surface area (Å²) in [4.78, 5) is 2.28. The molecule has 0 radical (unpaired) electrons. The van der Waals surface area contributed by atoms with E-state index in [1.807, 2.05) is 6.07 Å². The minimum absolute atomic E-state index is 0.144. The second kappa shape index (κ2) is 3.20. The Bertz CT molecular complexity index is 391. The SMILES string of the molecule is NC1CCN2c3cc(F)ccc3CCC12. The first kappa shape index (κ1) is 9.16. The van der Waals surface area contributed by atoms with Gasteiger partial charge in [-0.25, -0.2) is 4.39 Å². The molecule has 0 saturated carbocycles. The summed E-state index contributed by atoms with van der Waals surface area (Å²) in [5, 5.41) is 0. The van der Waals surface area contributed by atoms with Gasteiger partial charge in [-0.1, -0.05) is 6.07 Å². The molecule has 2 unspecified atom stereocenters. The van der Waals surface area contributed by atoms with Gasteiger partial charge in [-0.15, -0.1) is 0 Å². The first-order chi connectivity index (χ1) is 7.25. The third kappa shape index (κ3) is 1.34. The number of hydrogen-bond acceptors (Lipinski definition) is 2. The molecule has 2 aliphatic heterocycles. The number of nitrogens with zero attached hydrogens (tertiary/aromatic N) is 1. The molecule has 15 heavy (non-hydrogen) atoms. The van der Waals surface area contributed by atoms with Crippen LogP contribution in [0.1, 0.15) is 18.4 Å². The molecule has 2 nitrogen and oxygen atoms in total. The number of hydrogen-bond donors (Lipinski definition) is 1. The van der Waals surface area contributed by atoms with Crippen molar-refractivity contribution in [1.29, 1.82) is 0 Å². The van der Waals surface area contributed by atoms with E-state index in [0.717, 1.165) is 31.5 Å². The number of rotatable bonds is 0. The molecule has 2 heterocycles. The Balaban J connectivity index is 2.04. The molecule has 1 aromatic carbocycles. The maximum absolute atomic E-state index is 13.2. The summed E-state index contributed by atoms with van der Waals surface area (Å²) in [6, 6.07) is 5.81. The molecule has 2 aliphatic rings. The van der Waals surface area contributed by atoms with Gasteiger partial charge in [0.1, 0.15) is 5.82 Å². The fourth-order valence-corrected chi connectivity index (χ4v) is 2.87. The third-order valence-electron chi connectivity index (χ3n) is 3.66. The number of halogens is 1. The van der Waals surface area contributed by atoms with Crippen LogP contribution in [0.4, 0.5) is 10.1 Å². The van der Waals surface area contributed by atoms with E-state index in [-0.39, 0.29) is 11.9 Å². The standard InChI is InChI=1S/C12H15FN2/c13-9-3-1-8-2-4-11-10(14)5-6-15(11)12(8)7-9/h1,3,7,10-11H,2,4-6,14H2. The van der Waals surface area contributed by atoms with Crippen LogP contribution in [-0.4, -0.2) is 18.6 Å². The zero-order valence-corrected chi connectivity index (χ0v) is 8.62. The van der Waals surface area contributed by atoms with Crippen molar-refractivity contribution in [1.82, 2.24) is 0 Å². The van der Waals surface area contributed by atoms with Gasteiger partial charge in [0.15, 0.2) is 0 Å². The first-order valence-corrected chi connectivity index (χ1v) is 5.56. The molecule has 3 heteroatoms. The van der Waals surface area contributed by atoms with E-state index < -0.39 is 0 Å². The van der Waals surface area contributed by atoms with Crippen LogP contribution in [0.5, 0.6) is 0 Å². The predicted molar refractivity (Wildman–Crippen MR) is 58.4 cm³/mol. The monoisotopic (exact) mass is 206 g/mol. The Morgan fingerprint density at radius 1 is 1.33 bits per heavy atom. The Morgan fingerprint density at radius 3 is 3.07 bits per heavy atom. The summed E-state index contributed by atoms with van der Waals surface area (Å²) in [6.45, 7) is 0.974. The van der Waals surface area contributed by atoms with E-state index in [2.05, 4.69) is 4.90 Å². The van der Waals surface area contributed by atoms with Gasteiger partial charge in [0.2, 0.25) is 0 Å². The van der Waals surface area contributed by atoms with Crippen LogP contribution in [0, 0.1) is 5.82 Å². The minimum atomic E-state index is -0.144. The largest absolute Gasteiger partial charge is 0.367 e. The molecule has 2 N–H and O–H groups in total. The summed E-state index contributed by atoms with van der Waals surface area (Å²) >= 11 is 0. The van der Waals surface area contributed by atoms with Crippen LogP contribution in [0.2, 0.25) is 0 Å². The number of nitrogens with two attached hydrogens (primary N) is 1. The summed E-state index contributed by atoms with van der Waals surface area (Å²) in [7, 11) is 0. The van der Waals surface area contributed by atoms with Crippen molar-refractivity contribution in [3.05, 3.63) is 29.6 Å². The molecular weight excluding hydrogens is 191 g/mol. The lowest BCUT2D eigenvalue weighted by atomic mass is 9.94. The molecule has 1 saturated heterocycles. The van der Waals surface area contributed by atoms with Crippen molar-refractivity contribution in [3.63, 3.8) is 0 Å². The van der Waals surface area contributed by atoms with Crippen LogP contribution in [0.15, 0.2) is 18.2 Å². The molecule has 1 aromatic rings. The third-order valence-corrected chi connectivity index (χ3v) is 3.66. The van der Waals surface area contributed by atoms with E-state index >= 15 is 0 Å². The van der Waals surface area contributed by atoms with Crippen LogP contribution in [-0.2, 0) is 6.42 Å². The van der Waals surface area contributed by atoms with E-state index in [0.29, 0.717) is 6.04 Å². The molecule has 80 valence electrons. The Kier molecular flexibility index (Phi) is 1.96. The molecule has 0 spiro atoms. The van der Waals surface area contributed by atoms with Crippen LogP contribution in [0.3, 0.4) is 0 Å². The van der Waals surface area contributed by atoms with E-state index in [9.17, 15) is 4.39 Å². The summed E-state index contributed by atoms with van der Waals surface area (Å²) in [6.07, 6.45) is 3.17. The topological polar surface area (TPSA) is 29.3 Å². The quantitative estimate of drug-likeness (QED) is 0.699. The molecule has 3 rings (SSSR count). The van der Waals surface area contributed by atoms with Gasteiger partial charge in [0.25, 0.3) is 0 Å². The van der Waals surface area contributed by atoms with Crippen molar-refractivity contribution < 1.29 is 4.39 Å². The highest BCUT2D eigenvalue weighted by Gasteiger charge is 2.35. The smallest absolute Gasteiger partial charge is 0.125 e. The Hall–Kier alpha value is -1.09. The van der Waals surface area contributed by atoms with Gasteiger partial charge in [-0.05, 0) is 37.0 Å². The zero-order valence-electron chi connectivity index (χ0n) is 8.62. The van der Waals surface area contributed by atoms with E-state index in [1.54, 1.807) is 12.1 Å². The highest BCUT2D eigenvalue weighted by molar-refractivity contribution is 5.58. The first-order valence-electron chi connectivity index (χ1n) is 5.56. The van der Waals surface area contributed by atoms with Gasteiger partial charge in [-0.2, -0.15) is 0 Å². The molecule has 2 atom stereocenters. The van der Waals surface area contributed by atoms with Crippen LogP contribution >= 0.6 is 0 Å². The number of anilines is 1. The molecule has 0 bridgehead atoms. The molecular formula is C12H15FN2. The van der Waals surface area contributed by atoms with E-state index in [1.165, 1.54) is 5.56 Å². The summed E-state index contributed by atoms with van der Waals surface area (Å²) in [5.74, 6) is -0.144. The second-order valence-corrected chi connectivity index (χ2v) is 4.52. The maximum atomic E-state index is 13.2. The lowest BCUT2D eigenvalue weighted by Crippen LogP contribution is -2.42. The highest BCUT2D eigenvalue weighted by Crippen LogP contribution is 2.35. The average molecular weight is 206 g/mol. The lowest BCUT2D eigenvalue weighted by Gasteiger charge is -2.35. The second-order valence-electron chi connectivity index (χ2n) is 4.52. The van der Waals surface area contributed by atoms with E-state index in [4.69, 9.17) is 5.73 Å². The molecule has 0 aromatic heterocycles. The predicted octanol–water partition coefficient (Wildman–Crippen LogP) is 1.68. The fraction of sp³-hybridized carbons (Fsp3) is 0.500. The summed E-state index contributed by atoms with van der Waals surface area (Å²) in [5.41, 5.74) is 8.38. The number of fused-ring (bicyclic) bond motifs is 3.